The molecule has 146 valence electrons. The van der Waals surface area contributed by atoms with Gasteiger partial charge in [0.2, 0.25) is 11.8 Å². The van der Waals surface area contributed by atoms with Crippen LogP contribution >= 0.6 is 0 Å². The number of rotatable bonds is 5. The minimum absolute atomic E-state index is 0.0364. The van der Waals surface area contributed by atoms with Crippen LogP contribution in [0, 0.1) is 6.92 Å². The van der Waals surface area contributed by atoms with Gasteiger partial charge in [0.15, 0.2) is 5.76 Å². The van der Waals surface area contributed by atoms with Crippen molar-refractivity contribution in [2.75, 3.05) is 13.1 Å². The van der Waals surface area contributed by atoms with Crippen LogP contribution in [-0.2, 0) is 0 Å². The zero-order valence-electron chi connectivity index (χ0n) is 16.1. The molecule has 0 spiro atoms. The van der Waals surface area contributed by atoms with Crippen molar-refractivity contribution in [3.05, 3.63) is 59.9 Å². The molecule has 3 heterocycles. The van der Waals surface area contributed by atoms with E-state index in [1.807, 2.05) is 37.3 Å². The molecule has 0 radical (unpaired) electrons. The summed E-state index contributed by atoms with van der Waals surface area (Å²) in [4.78, 5) is 14.6. The lowest BCUT2D eigenvalue weighted by Crippen LogP contribution is -2.45. The zero-order valence-corrected chi connectivity index (χ0v) is 16.1. The summed E-state index contributed by atoms with van der Waals surface area (Å²) in [6.07, 6.45) is 1.74. The lowest BCUT2D eigenvalue weighted by molar-refractivity contribution is 0.0857. The largest absolute Gasteiger partial charge is 0.456 e. The van der Waals surface area contributed by atoms with Crippen molar-refractivity contribution in [2.45, 2.75) is 38.8 Å². The predicted octanol–water partition coefficient (Wildman–Crippen LogP) is 3.59. The number of carbonyl (C=O) groups is 1. The van der Waals surface area contributed by atoms with E-state index < -0.39 is 0 Å². The van der Waals surface area contributed by atoms with Crippen LogP contribution < -0.4 is 5.32 Å². The molecule has 1 aliphatic rings. The zero-order chi connectivity index (χ0) is 19.5. The van der Waals surface area contributed by atoms with E-state index in [0.29, 0.717) is 17.5 Å². The van der Waals surface area contributed by atoms with Crippen LogP contribution in [0.5, 0.6) is 0 Å². The second kappa shape index (κ2) is 7.98. The normalized spacial score (nSPS) is 16.8. The molecule has 1 fully saturated rings. The van der Waals surface area contributed by atoms with Gasteiger partial charge in [-0.15, -0.1) is 10.2 Å². The fraction of sp³-hybridized carbons (Fsp3) is 0.381. The van der Waals surface area contributed by atoms with E-state index in [4.69, 9.17) is 8.83 Å². The number of aromatic nitrogens is 2. The number of benzene rings is 1. The Hall–Kier alpha value is -2.93. The van der Waals surface area contributed by atoms with Crippen LogP contribution in [-0.4, -0.2) is 40.1 Å². The number of hydrogen-bond acceptors (Lipinski definition) is 6. The van der Waals surface area contributed by atoms with Gasteiger partial charge >= 0.3 is 0 Å². The van der Waals surface area contributed by atoms with Crippen molar-refractivity contribution in [1.82, 2.24) is 20.4 Å². The average molecular weight is 380 g/mol. The van der Waals surface area contributed by atoms with Gasteiger partial charge in [-0.1, -0.05) is 18.2 Å². The SMILES string of the molecule is Cc1ccc(C(=O)NC2CCN(C(C)c3nnc(-c4ccccc4)o3)CC2)o1. The summed E-state index contributed by atoms with van der Waals surface area (Å²) in [5.74, 6) is 2.12. The molecule has 28 heavy (non-hydrogen) atoms. The first kappa shape index (κ1) is 18.4. The second-order valence-corrected chi connectivity index (χ2v) is 7.18. The van der Waals surface area contributed by atoms with Crippen LogP contribution in [0.3, 0.4) is 0 Å². The van der Waals surface area contributed by atoms with Gasteiger partial charge in [0, 0.05) is 24.7 Å². The second-order valence-electron chi connectivity index (χ2n) is 7.18. The molecule has 3 aromatic rings. The van der Waals surface area contributed by atoms with E-state index in [2.05, 4.69) is 27.3 Å². The van der Waals surface area contributed by atoms with Gasteiger partial charge in [0.25, 0.3) is 5.91 Å². The standard InChI is InChI=1S/C21H24N4O3/c1-14-8-9-18(27-14)19(26)22-17-10-12-25(13-11-17)15(2)20-23-24-21(28-20)16-6-4-3-5-7-16/h3-9,15,17H,10-13H2,1-2H3,(H,22,26). The van der Waals surface area contributed by atoms with Crippen molar-refractivity contribution in [3.8, 4) is 11.5 Å². The number of amides is 1. The van der Waals surface area contributed by atoms with Crippen molar-refractivity contribution in [2.24, 2.45) is 0 Å². The highest BCUT2D eigenvalue weighted by atomic mass is 16.4. The van der Waals surface area contributed by atoms with Crippen molar-refractivity contribution >= 4 is 5.91 Å². The lowest BCUT2D eigenvalue weighted by Gasteiger charge is -2.34. The summed E-state index contributed by atoms with van der Waals surface area (Å²) in [6.45, 7) is 5.61. The molecule has 4 rings (SSSR count). The van der Waals surface area contributed by atoms with Crippen LogP contribution in [0.4, 0.5) is 0 Å². The van der Waals surface area contributed by atoms with E-state index in [1.165, 1.54) is 0 Å². The van der Waals surface area contributed by atoms with Gasteiger partial charge in [-0.25, -0.2) is 0 Å². The third-order valence-corrected chi connectivity index (χ3v) is 5.20. The maximum atomic E-state index is 12.2. The Kier molecular flexibility index (Phi) is 5.25. The quantitative estimate of drug-likeness (QED) is 0.728. The number of nitrogens with zero attached hydrogens (tertiary/aromatic N) is 3. The van der Waals surface area contributed by atoms with E-state index in [-0.39, 0.29) is 18.0 Å². The summed E-state index contributed by atoms with van der Waals surface area (Å²) >= 11 is 0. The first-order valence-electron chi connectivity index (χ1n) is 9.60. The van der Waals surface area contributed by atoms with Gasteiger partial charge in [-0.05, 0) is 51.0 Å². The van der Waals surface area contributed by atoms with Crippen molar-refractivity contribution in [1.29, 1.82) is 0 Å². The number of carbonyl (C=O) groups excluding carboxylic acids is 1. The Morgan fingerprint density at radius 2 is 1.86 bits per heavy atom. The Labute approximate surface area is 163 Å². The van der Waals surface area contributed by atoms with E-state index in [1.54, 1.807) is 12.1 Å². The van der Waals surface area contributed by atoms with Crippen LogP contribution in [0.25, 0.3) is 11.5 Å². The van der Waals surface area contributed by atoms with Crippen molar-refractivity contribution in [3.63, 3.8) is 0 Å². The molecule has 1 amide bonds. The molecule has 1 N–H and O–H groups in total. The maximum absolute atomic E-state index is 12.2. The highest BCUT2D eigenvalue weighted by Crippen LogP contribution is 2.26. The highest BCUT2D eigenvalue weighted by Gasteiger charge is 2.28. The fourth-order valence-corrected chi connectivity index (χ4v) is 3.50. The Bertz CT molecular complexity index is 926. The lowest BCUT2D eigenvalue weighted by atomic mass is 10.0. The van der Waals surface area contributed by atoms with Gasteiger partial charge in [-0.2, -0.15) is 0 Å². The van der Waals surface area contributed by atoms with Crippen LogP contribution in [0.2, 0.25) is 0 Å². The molecular weight excluding hydrogens is 356 g/mol. The predicted molar refractivity (Wildman–Crippen MR) is 104 cm³/mol. The Morgan fingerprint density at radius 1 is 1.11 bits per heavy atom. The van der Waals surface area contributed by atoms with Crippen LogP contribution in [0.1, 0.15) is 48.0 Å². The van der Waals surface area contributed by atoms with Gasteiger partial charge < -0.3 is 14.2 Å². The van der Waals surface area contributed by atoms with E-state index in [9.17, 15) is 4.79 Å². The molecule has 1 atom stereocenters. The van der Waals surface area contributed by atoms with Crippen LogP contribution in [0.15, 0.2) is 51.3 Å². The molecule has 7 heteroatoms. The molecule has 1 aliphatic heterocycles. The molecule has 2 aromatic heterocycles. The minimum atomic E-state index is -0.149. The fourth-order valence-electron chi connectivity index (χ4n) is 3.50. The first-order chi connectivity index (χ1) is 13.6. The van der Waals surface area contributed by atoms with E-state index >= 15 is 0 Å². The molecular formula is C21H24N4O3. The topological polar surface area (TPSA) is 84.4 Å². The highest BCUT2D eigenvalue weighted by molar-refractivity contribution is 5.91. The monoisotopic (exact) mass is 380 g/mol. The molecule has 0 saturated carbocycles. The molecule has 0 aliphatic carbocycles. The number of piperidine rings is 1. The summed E-state index contributed by atoms with van der Waals surface area (Å²) in [5.41, 5.74) is 0.919. The number of hydrogen-bond donors (Lipinski definition) is 1. The van der Waals surface area contributed by atoms with Crippen molar-refractivity contribution < 1.29 is 13.6 Å². The third kappa shape index (κ3) is 3.99. The maximum Gasteiger partial charge on any atom is 0.287 e. The molecule has 1 unspecified atom stereocenters. The smallest absolute Gasteiger partial charge is 0.287 e. The number of nitrogens with one attached hydrogen (secondary N) is 1. The Balaban J connectivity index is 1.32. The summed E-state index contributed by atoms with van der Waals surface area (Å²) in [6, 6.07) is 13.5. The molecule has 1 aromatic carbocycles. The first-order valence-corrected chi connectivity index (χ1v) is 9.60. The number of aryl methyl sites for hydroxylation is 1. The number of furan rings is 1. The average Bonchev–Trinajstić information content (AvgIpc) is 3.38. The van der Waals surface area contributed by atoms with Gasteiger partial charge in [0.05, 0.1) is 6.04 Å². The van der Waals surface area contributed by atoms with Gasteiger partial charge in [-0.3, -0.25) is 9.69 Å². The summed E-state index contributed by atoms with van der Waals surface area (Å²) in [7, 11) is 0. The number of likely N-dealkylation sites (tertiary alicyclic amines) is 1. The molecule has 1 saturated heterocycles. The molecule has 0 bridgehead atoms. The summed E-state index contributed by atoms with van der Waals surface area (Å²) < 4.78 is 11.3. The summed E-state index contributed by atoms with van der Waals surface area (Å²) in [5, 5.41) is 11.5. The minimum Gasteiger partial charge on any atom is -0.456 e. The van der Waals surface area contributed by atoms with E-state index in [0.717, 1.165) is 37.3 Å². The van der Waals surface area contributed by atoms with Gasteiger partial charge in [0.1, 0.15) is 5.76 Å². The molecule has 7 nitrogen and oxygen atoms in total. The third-order valence-electron chi connectivity index (χ3n) is 5.20. The Morgan fingerprint density at radius 3 is 2.54 bits per heavy atom.